The minimum atomic E-state index is -0.928. The zero-order valence-electron chi connectivity index (χ0n) is 18.6. The highest BCUT2D eigenvalue weighted by molar-refractivity contribution is 5.85. The maximum absolute atomic E-state index is 10.7. The lowest BCUT2D eigenvalue weighted by Crippen LogP contribution is -2.55. The molecule has 0 amide bonds. The topological polar surface area (TPSA) is 56.9 Å². The van der Waals surface area contributed by atoms with Gasteiger partial charge in [0, 0.05) is 49.9 Å². The van der Waals surface area contributed by atoms with Crippen molar-refractivity contribution in [1.29, 1.82) is 0 Å². The first-order valence-corrected chi connectivity index (χ1v) is 11.1. The predicted molar refractivity (Wildman–Crippen MR) is 127 cm³/mol. The standard InChI is InChI=1S/C27H30N2O3/c1-20-16-28(18-23-9-12-25(13-10-23)26-4-3-15-32-26)17-21(2)29(20)19-24-7-5-22(6-8-24)11-14-27(30)31/h3-15,20-21H,16-19H2,1-2H3,(H,30,31)/b14-11+/t20-,21+. The van der Waals surface area contributed by atoms with Crippen LogP contribution < -0.4 is 0 Å². The van der Waals surface area contributed by atoms with Crippen LogP contribution in [0.5, 0.6) is 0 Å². The summed E-state index contributed by atoms with van der Waals surface area (Å²) in [4.78, 5) is 15.8. The quantitative estimate of drug-likeness (QED) is 0.526. The summed E-state index contributed by atoms with van der Waals surface area (Å²) >= 11 is 0. The molecule has 2 heterocycles. The number of rotatable bonds is 7. The normalized spacial score (nSPS) is 20.1. The van der Waals surface area contributed by atoms with Gasteiger partial charge >= 0.3 is 5.97 Å². The van der Waals surface area contributed by atoms with E-state index in [1.807, 2.05) is 24.3 Å². The number of nitrogens with zero attached hydrogens (tertiary/aromatic N) is 2. The van der Waals surface area contributed by atoms with E-state index in [1.54, 1.807) is 12.3 Å². The number of carboxylic acids is 1. The molecule has 0 bridgehead atoms. The van der Waals surface area contributed by atoms with Crippen molar-refractivity contribution in [2.75, 3.05) is 13.1 Å². The maximum Gasteiger partial charge on any atom is 0.328 e. The van der Waals surface area contributed by atoms with E-state index in [1.165, 1.54) is 17.2 Å². The maximum atomic E-state index is 10.7. The van der Waals surface area contributed by atoms with Gasteiger partial charge < -0.3 is 9.52 Å². The molecule has 1 aliphatic rings. The minimum Gasteiger partial charge on any atom is -0.478 e. The molecule has 2 atom stereocenters. The fourth-order valence-corrected chi connectivity index (χ4v) is 4.49. The average Bonchev–Trinajstić information content (AvgIpc) is 3.31. The van der Waals surface area contributed by atoms with Crippen molar-refractivity contribution in [3.8, 4) is 11.3 Å². The Hall–Kier alpha value is -3.15. The second-order valence-corrected chi connectivity index (χ2v) is 8.65. The lowest BCUT2D eigenvalue weighted by atomic mass is 10.0. The van der Waals surface area contributed by atoms with E-state index in [0.717, 1.165) is 43.1 Å². The Bertz CT molecular complexity index is 1030. The van der Waals surface area contributed by atoms with E-state index in [0.29, 0.717) is 12.1 Å². The van der Waals surface area contributed by atoms with Gasteiger partial charge in [-0.05, 0) is 48.7 Å². The van der Waals surface area contributed by atoms with Crippen LogP contribution in [0.25, 0.3) is 17.4 Å². The molecule has 0 saturated carbocycles. The number of carboxylic acid groups (broad SMARTS) is 1. The summed E-state index contributed by atoms with van der Waals surface area (Å²) < 4.78 is 5.48. The van der Waals surface area contributed by atoms with Crippen molar-refractivity contribution < 1.29 is 14.3 Å². The molecule has 0 radical (unpaired) electrons. The zero-order chi connectivity index (χ0) is 22.5. The predicted octanol–water partition coefficient (Wildman–Crippen LogP) is 5.14. The molecule has 0 unspecified atom stereocenters. The Morgan fingerprint density at radius 3 is 2.19 bits per heavy atom. The van der Waals surface area contributed by atoms with Crippen LogP contribution >= 0.6 is 0 Å². The van der Waals surface area contributed by atoms with E-state index >= 15 is 0 Å². The number of hydrogen-bond donors (Lipinski definition) is 1. The fraction of sp³-hybridized carbons (Fsp3) is 0.296. The van der Waals surface area contributed by atoms with E-state index < -0.39 is 5.97 Å². The molecule has 4 rings (SSSR count). The van der Waals surface area contributed by atoms with Crippen molar-refractivity contribution in [2.24, 2.45) is 0 Å². The van der Waals surface area contributed by atoms with Crippen LogP contribution in [-0.4, -0.2) is 46.0 Å². The largest absolute Gasteiger partial charge is 0.478 e. The van der Waals surface area contributed by atoms with Gasteiger partial charge in [-0.25, -0.2) is 4.79 Å². The Balaban J connectivity index is 1.33. The molecular weight excluding hydrogens is 400 g/mol. The Morgan fingerprint density at radius 2 is 1.59 bits per heavy atom. The first-order valence-electron chi connectivity index (χ1n) is 11.1. The first kappa shape index (κ1) is 22.1. The van der Waals surface area contributed by atoms with Gasteiger partial charge in [-0.1, -0.05) is 48.5 Å². The van der Waals surface area contributed by atoms with E-state index in [2.05, 4.69) is 60.0 Å². The first-order chi connectivity index (χ1) is 15.5. The summed E-state index contributed by atoms with van der Waals surface area (Å²) in [6, 6.07) is 21.6. The number of furan rings is 1. The summed E-state index contributed by atoms with van der Waals surface area (Å²) in [6.07, 6.45) is 4.50. The molecule has 1 N–H and O–H groups in total. The second kappa shape index (κ2) is 9.98. The van der Waals surface area contributed by atoms with Crippen molar-refractivity contribution in [2.45, 2.75) is 39.0 Å². The highest BCUT2D eigenvalue weighted by Gasteiger charge is 2.29. The molecule has 5 heteroatoms. The zero-order valence-corrected chi connectivity index (χ0v) is 18.6. The van der Waals surface area contributed by atoms with Crippen LogP contribution in [0, 0.1) is 0 Å². The molecule has 5 nitrogen and oxygen atoms in total. The van der Waals surface area contributed by atoms with Gasteiger partial charge in [0.05, 0.1) is 6.26 Å². The van der Waals surface area contributed by atoms with Crippen LogP contribution in [0.2, 0.25) is 0 Å². The van der Waals surface area contributed by atoms with E-state index in [9.17, 15) is 4.79 Å². The molecule has 1 aliphatic heterocycles. The van der Waals surface area contributed by atoms with Crippen LogP contribution in [0.3, 0.4) is 0 Å². The van der Waals surface area contributed by atoms with Gasteiger partial charge in [-0.15, -0.1) is 0 Å². The summed E-state index contributed by atoms with van der Waals surface area (Å²) in [6.45, 7) is 8.51. The lowest BCUT2D eigenvalue weighted by Gasteiger charge is -2.44. The summed E-state index contributed by atoms with van der Waals surface area (Å²) in [5.74, 6) is -0.0265. The third-order valence-electron chi connectivity index (χ3n) is 6.11. The number of benzene rings is 2. The van der Waals surface area contributed by atoms with Crippen molar-refractivity contribution in [1.82, 2.24) is 9.80 Å². The molecule has 3 aromatic rings. The number of carbonyl (C=O) groups is 1. The molecule has 1 aromatic heterocycles. The van der Waals surface area contributed by atoms with Crippen molar-refractivity contribution >= 4 is 12.0 Å². The molecule has 0 spiro atoms. The summed E-state index contributed by atoms with van der Waals surface area (Å²) in [7, 11) is 0. The van der Waals surface area contributed by atoms with Gasteiger partial charge in [0.2, 0.25) is 0 Å². The lowest BCUT2D eigenvalue weighted by molar-refractivity contribution is -0.131. The second-order valence-electron chi connectivity index (χ2n) is 8.65. The SMILES string of the molecule is C[C@@H]1CN(Cc2ccc(-c3ccco3)cc2)C[C@H](C)N1Cc1ccc(/C=C/C(=O)O)cc1. The van der Waals surface area contributed by atoms with E-state index in [4.69, 9.17) is 9.52 Å². The smallest absolute Gasteiger partial charge is 0.328 e. The van der Waals surface area contributed by atoms with E-state index in [-0.39, 0.29) is 0 Å². The Kier molecular flexibility index (Phi) is 6.88. The molecule has 1 saturated heterocycles. The minimum absolute atomic E-state index is 0.452. The molecule has 32 heavy (non-hydrogen) atoms. The monoisotopic (exact) mass is 430 g/mol. The van der Waals surface area contributed by atoms with Crippen LogP contribution in [-0.2, 0) is 17.9 Å². The van der Waals surface area contributed by atoms with Crippen molar-refractivity contribution in [3.05, 3.63) is 89.7 Å². The molecular formula is C27H30N2O3. The molecule has 2 aromatic carbocycles. The summed E-state index contributed by atoms with van der Waals surface area (Å²) in [5, 5.41) is 8.77. The van der Waals surface area contributed by atoms with Crippen LogP contribution in [0.15, 0.2) is 77.4 Å². The van der Waals surface area contributed by atoms with Crippen LogP contribution in [0.4, 0.5) is 0 Å². The Labute approximate surface area is 189 Å². The number of piperazine rings is 1. The van der Waals surface area contributed by atoms with Gasteiger partial charge in [0.25, 0.3) is 0 Å². The highest BCUT2D eigenvalue weighted by atomic mass is 16.4. The van der Waals surface area contributed by atoms with Gasteiger partial charge in [0.1, 0.15) is 5.76 Å². The third kappa shape index (κ3) is 5.55. The highest BCUT2D eigenvalue weighted by Crippen LogP contribution is 2.23. The van der Waals surface area contributed by atoms with Gasteiger partial charge in [0.15, 0.2) is 0 Å². The Morgan fingerprint density at radius 1 is 0.969 bits per heavy atom. The number of hydrogen-bond acceptors (Lipinski definition) is 4. The molecule has 0 aliphatic carbocycles. The summed E-state index contributed by atoms with van der Waals surface area (Å²) in [5.41, 5.74) is 4.58. The average molecular weight is 431 g/mol. The number of aliphatic carboxylic acids is 1. The third-order valence-corrected chi connectivity index (χ3v) is 6.11. The van der Waals surface area contributed by atoms with Gasteiger partial charge in [-0.2, -0.15) is 0 Å². The fourth-order valence-electron chi connectivity index (χ4n) is 4.49. The van der Waals surface area contributed by atoms with Gasteiger partial charge in [-0.3, -0.25) is 9.80 Å². The molecule has 1 fully saturated rings. The van der Waals surface area contributed by atoms with Crippen LogP contribution in [0.1, 0.15) is 30.5 Å². The van der Waals surface area contributed by atoms with Crippen molar-refractivity contribution in [3.63, 3.8) is 0 Å². The molecule has 166 valence electrons.